The Bertz CT molecular complexity index is 634. The van der Waals surface area contributed by atoms with E-state index in [0.717, 1.165) is 16.8 Å². The van der Waals surface area contributed by atoms with Gasteiger partial charge in [0.15, 0.2) is 0 Å². The van der Waals surface area contributed by atoms with Crippen LogP contribution in [0, 0.1) is 18.3 Å². The van der Waals surface area contributed by atoms with Crippen LogP contribution < -0.4 is 5.32 Å². The van der Waals surface area contributed by atoms with E-state index >= 15 is 0 Å². The van der Waals surface area contributed by atoms with E-state index in [-0.39, 0.29) is 0 Å². The van der Waals surface area contributed by atoms with Crippen LogP contribution in [-0.4, -0.2) is 17.1 Å². The molecule has 0 bridgehead atoms. The molecule has 0 aliphatic carbocycles. The number of hydrogen-bond acceptors (Lipinski definition) is 5. The first-order chi connectivity index (χ1) is 9.71. The molecule has 5 heteroatoms. The average molecular weight is 268 g/mol. The highest BCUT2D eigenvalue weighted by atomic mass is 16.5. The molecule has 1 heterocycles. The lowest BCUT2D eigenvalue weighted by atomic mass is 10.1. The first kappa shape index (κ1) is 14.0. The number of hydrogen-bond donors (Lipinski definition) is 1. The maximum absolute atomic E-state index is 8.89. The minimum absolute atomic E-state index is 0.369. The van der Waals surface area contributed by atoms with Crippen molar-refractivity contribution in [3.63, 3.8) is 0 Å². The molecule has 5 nitrogen and oxygen atoms in total. The molecule has 2 rings (SSSR count). The fourth-order valence-corrected chi connectivity index (χ4v) is 1.88. The van der Waals surface area contributed by atoms with E-state index in [9.17, 15) is 0 Å². The van der Waals surface area contributed by atoms with Gasteiger partial charge >= 0.3 is 0 Å². The third kappa shape index (κ3) is 3.77. The molecule has 102 valence electrons. The van der Waals surface area contributed by atoms with Crippen LogP contribution >= 0.6 is 0 Å². The Balaban J connectivity index is 2.07. The summed E-state index contributed by atoms with van der Waals surface area (Å²) >= 11 is 0. The van der Waals surface area contributed by atoms with Crippen LogP contribution in [0.5, 0.6) is 0 Å². The second-order valence-electron chi connectivity index (χ2n) is 4.44. The van der Waals surface area contributed by atoms with Gasteiger partial charge in [-0.2, -0.15) is 5.26 Å². The lowest BCUT2D eigenvalue weighted by Crippen LogP contribution is -2.05. The van der Waals surface area contributed by atoms with E-state index in [2.05, 4.69) is 21.4 Å². The summed E-state index contributed by atoms with van der Waals surface area (Å²) in [5.74, 6) is 0.471. The Labute approximate surface area is 118 Å². The summed E-state index contributed by atoms with van der Waals surface area (Å²) < 4.78 is 5.11. The predicted molar refractivity (Wildman–Crippen MR) is 76.0 cm³/mol. The number of nitrogens with zero attached hydrogens (tertiary/aromatic N) is 3. The summed E-state index contributed by atoms with van der Waals surface area (Å²) in [5.41, 5.74) is 3.37. The van der Waals surface area contributed by atoms with Crippen molar-refractivity contribution in [2.45, 2.75) is 20.1 Å². The van der Waals surface area contributed by atoms with Crippen molar-refractivity contribution >= 4 is 5.95 Å². The maximum atomic E-state index is 8.89. The molecule has 1 N–H and O–H groups in total. The standard InChI is InChI=1S/C15H16N4O/c1-11-6-14(8-16)19-15(18-11)17-9-12-4-3-5-13(7-12)10-20-2/h3-7H,9-10H2,1-2H3,(H,17,18,19). The highest BCUT2D eigenvalue weighted by Crippen LogP contribution is 2.09. The average Bonchev–Trinajstić information content (AvgIpc) is 2.45. The number of nitrogens with one attached hydrogen (secondary N) is 1. The van der Waals surface area contributed by atoms with Gasteiger partial charge in [0.1, 0.15) is 11.8 Å². The van der Waals surface area contributed by atoms with Gasteiger partial charge < -0.3 is 10.1 Å². The van der Waals surface area contributed by atoms with Gasteiger partial charge in [0.2, 0.25) is 5.95 Å². The van der Waals surface area contributed by atoms with E-state index in [0.29, 0.717) is 24.8 Å². The third-order valence-corrected chi connectivity index (χ3v) is 2.72. The van der Waals surface area contributed by atoms with Crippen LogP contribution in [0.3, 0.4) is 0 Å². The summed E-state index contributed by atoms with van der Waals surface area (Å²) in [7, 11) is 1.68. The van der Waals surface area contributed by atoms with Gasteiger partial charge in [-0.25, -0.2) is 9.97 Å². The Hall–Kier alpha value is -2.45. The van der Waals surface area contributed by atoms with E-state index in [1.54, 1.807) is 13.2 Å². The molecular formula is C15H16N4O. The Morgan fingerprint density at radius 1 is 1.25 bits per heavy atom. The number of ether oxygens (including phenoxy) is 1. The van der Waals surface area contributed by atoms with Crippen molar-refractivity contribution in [2.75, 3.05) is 12.4 Å². The van der Waals surface area contributed by atoms with E-state index in [4.69, 9.17) is 10.00 Å². The van der Waals surface area contributed by atoms with E-state index in [1.807, 2.05) is 31.2 Å². The van der Waals surface area contributed by atoms with Gasteiger partial charge in [-0.05, 0) is 24.1 Å². The fraction of sp³-hybridized carbons (Fsp3) is 0.267. The minimum atomic E-state index is 0.369. The first-order valence-electron chi connectivity index (χ1n) is 6.27. The predicted octanol–water partition coefficient (Wildman–Crippen LogP) is 2.42. The summed E-state index contributed by atoms with van der Waals surface area (Å²) in [4.78, 5) is 8.38. The molecule has 1 aromatic heterocycles. The molecule has 2 aromatic rings. The quantitative estimate of drug-likeness (QED) is 0.901. The number of nitriles is 1. The molecule has 0 amide bonds. The lowest BCUT2D eigenvalue weighted by Gasteiger charge is -2.07. The topological polar surface area (TPSA) is 70.8 Å². The lowest BCUT2D eigenvalue weighted by molar-refractivity contribution is 0.185. The molecule has 20 heavy (non-hydrogen) atoms. The van der Waals surface area contributed by atoms with Gasteiger partial charge in [0.05, 0.1) is 6.61 Å². The maximum Gasteiger partial charge on any atom is 0.224 e. The third-order valence-electron chi connectivity index (χ3n) is 2.72. The molecule has 0 atom stereocenters. The van der Waals surface area contributed by atoms with Gasteiger partial charge in [0.25, 0.3) is 0 Å². The molecule has 0 aliphatic rings. The van der Waals surface area contributed by atoms with Crippen molar-refractivity contribution in [3.8, 4) is 6.07 Å². The molecule has 0 unspecified atom stereocenters. The zero-order valence-corrected chi connectivity index (χ0v) is 11.6. The van der Waals surface area contributed by atoms with Crippen LogP contribution in [0.1, 0.15) is 22.5 Å². The highest BCUT2D eigenvalue weighted by molar-refractivity contribution is 5.34. The van der Waals surface area contributed by atoms with Gasteiger partial charge in [-0.1, -0.05) is 24.3 Å². The SMILES string of the molecule is COCc1cccc(CNc2nc(C)cc(C#N)n2)c1. The number of aromatic nitrogens is 2. The fourth-order valence-electron chi connectivity index (χ4n) is 1.88. The molecule has 0 spiro atoms. The van der Waals surface area contributed by atoms with Crippen LogP contribution in [0.25, 0.3) is 0 Å². The van der Waals surface area contributed by atoms with E-state index in [1.165, 1.54) is 0 Å². The van der Waals surface area contributed by atoms with Crippen LogP contribution in [0.15, 0.2) is 30.3 Å². The minimum Gasteiger partial charge on any atom is -0.380 e. The van der Waals surface area contributed by atoms with Gasteiger partial charge in [-0.15, -0.1) is 0 Å². The molecule has 0 saturated heterocycles. The van der Waals surface area contributed by atoms with Crippen molar-refractivity contribution in [1.29, 1.82) is 5.26 Å². The van der Waals surface area contributed by atoms with Gasteiger partial charge in [-0.3, -0.25) is 0 Å². The Kier molecular flexibility index (Phi) is 4.64. The summed E-state index contributed by atoms with van der Waals surface area (Å²) in [6, 6.07) is 11.8. The number of anilines is 1. The molecule has 1 aromatic carbocycles. The highest BCUT2D eigenvalue weighted by Gasteiger charge is 2.02. The van der Waals surface area contributed by atoms with Gasteiger partial charge in [0, 0.05) is 19.3 Å². The van der Waals surface area contributed by atoms with Crippen molar-refractivity contribution in [3.05, 3.63) is 52.8 Å². The normalized spacial score (nSPS) is 10.1. The number of rotatable bonds is 5. The number of benzene rings is 1. The largest absolute Gasteiger partial charge is 0.380 e. The van der Waals surface area contributed by atoms with Crippen LogP contribution in [0.2, 0.25) is 0 Å². The number of aryl methyl sites for hydroxylation is 1. The Morgan fingerprint density at radius 3 is 2.80 bits per heavy atom. The van der Waals surface area contributed by atoms with E-state index < -0.39 is 0 Å². The van der Waals surface area contributed by atoms with Crippen LogP contribution in [-0.2, 0) is 17.9 Å². The van der Waals surface area contributed by atoms with Crippen molar-refractivity contribution < 1.29 is 4.74 Å². The first-order valence-corrected chi connectivity index (χ1v) is 6.27. The molecule has 0 aliphatic heterocycles. The van der Waals surface area contributed by atoms with Crippen molar-refractivity contribution in [1.82, 2.24) is 9.97 Å². The summed E-state index contributed by atoms with van der Waals surface area (Å²) in [5, 5.41) is 12.0. The smallest absolute Gasteiger partial charge is 0.224 e. The molecule has 0 fully saturated rings. The summed E-state index contributed by atoms with van der Waals surface area (Å²) in [6.45, 7) is 3.03. The van der Waals surface area contributed by atoms with Crippen molar-refractivity contribution in [2.24, 2.45) is 0 Å². The molecular weight excluding hydrogens is 252 g/mol. The number of methoxy groups -OCH3 is 1. The second-order valence-corrected chi connectivity index (χ2v) is 4.44. The monoisotopic (exact) mass is 268 g/mol. The zero-order valence-electron chi connectivity index (χ0n) is 11.6. The molecule has 0 saturated carbocycles. The summed E-state index contributed by atoms with van der Waals surface area (Å²) in [6.07, 6.45) is 0. The van der Waals surface area contributed by atoms with Crippen LogP contribution in [0.4, 0.5) is 5.95 Å². The Morgan fingerprint density at radius 2 is 2.05 bits per heavy atom. The zero-order chi connectivity index (χ0) is 14.4. The molecule has 0 radical (unpaired) electrons. The second kappa shape index (κ2) is 6.64.